The van der Waals surface area contributed by atoms with Gasteiger partial charge in [0.1, 0.15) is 0 Å². The maximum absolute atomic E-state index is 6.04. The second kappa shape index (κ2) is 8.00. The fourth-order valence-electron chi connectivity index (χ4n) is 3.80. The Hall–Kier alpha value is -1.54. The highest BCUT2D eigenvalue weighted by molar-refractivity contribution is 7.99. The van der Waals surface area contributed by atoms with E-state index in [1.807, 2.05) is 18.1 Å². The molecule has 3 heterocycles. The zero-order valence-electron chi connectivity index (χ0n) is 15.4. The molecule has 1 atom stereocenters. The van der Waals surface area contributed by atoms with Gasteiger partial charge in [0.25, 0.3) is 0 Å². The van der Waals surface area contributed by atoms with E-state index in [-0.39, 0.29) is 0 Å². The van der Waals surface area contributed by atoms with Gasteiger partial charge in [-0.05, 0) is 44.3 Å². The Morgan fingerprint density at radius 1 is 1.23 bits per heavy atom. The van der Waals surface area contributed by atoms with Crippen molar-refractivity contribution in [3.05, 3.63) is 6.33 Å². The third kappa shape index (κ3) is 3.76. The normalized spacial score (nSPS) is 26.3. The molecule has 0 bridgehead atoms. The van der Waals surface area contributed by atoms with Crippen molar-refractivity contribution in [1.29, 1.82) is 0 Å². The summed E-state index contributed by atoms with van der Waals surface area (Å²) in [6, 6.07) is 1.24. The molecule has 2 aromatic rings. The van der Waals surface area contributed by atoms with Crippen molar-refractivity contribution >= 4 is 34.7 Å². The second-order valence-electron chi connectivity index (χ2n) is 7.42. The highest BCUT2D eigenvalue weighted by atomic mass is 32.2. The number of aromatic nitrogens is 4. The van der Waals surface area contributed by atoms with Crippen LogP contribution in [0.15, 0.2) is 6.33 Å². The van der Waals surface area contributed by atoms with Crippen LogP contribution in [0.3, 0.4) is 0 Å². The number of anilines is 2. The van der Waals surface area contributed by atoms with Crippen LogP contribution < -0.4 is 16.4 Å². The van der Waals surface area contributed by atoms with Crippen molar-refractivity contribution in [2.45, 2.75) is 63.6 Å². The molecule has 0 aromatic carbocycles. The Balaban J connectivity index is 1.64. The Kier molecular flexibility index (Phi) is 5.49. The molecule has 2 fully saturated rings. The van der Waals surface area contributed by atoms with E-state index in [0.29, 0.717) is 24.1 Å². The number of hydrogen-bond acceptors (Lipinski definition) is 7. The molecule has 1 aliphatic carbocycles. The Morgan fingerprint density at radius 2 is 2.08 bits per heavy atom. The third-order valence-electron chi connectivity index (χ3n) is 5.37. The van der Waals surface area contributed by atoms with Crippen molar-refractivity contribution in [3.63, 3.8) is 0 Å². The lowest BCUT2D eigenvalue weighted by Gasteiger charge is -2.27. The fourth-order valence-corrected chi connectivity index (χ4v) is 5.01. The first-order valence-electron chi connectivity index (χ1n) is 9.83. The minimum Gasteiger partial charge on any atom is -0.368 e. The van der Waals surface area contributed by atoms with E-state index in [1.54, 1.807) is 0 Å². The van der Waals surface area contributed by atoms with E-state index in [2.05, 4.69) is 27.1 Å². The van der Waals surface area contributed by atoms with Crippen LogP contribution in [0.4, 0.5) is 11.8 Å². The van der Waals surface area contributed by atoms with E-state index in [0.717, 1.165) is 61.4 Å². The molecule has 1 saturated heterocycles. The molecule has 0 amide bonds. The van der Waals surface area contributed by atoms with E-state index < -0.39 is 0 Å². The van der Waals surface area contributed by atoms with Crippen LogP contribution in [0.2, 0.25) is 0 Å². The summed E-state index contributed by atoms with van der Waals surface area (Å²) in [7, 11) is 0. The molecule has 142 valence electrons. The summed E-state index contributed by atoms with van der Waals surface area (Å²) in [5.74, 6) is 3.90. The maximum Gasteiger partial charge on any atom is 0.227 e. The molecule has 4 N–H and O–H groups in total. The number of imidazole rings is 1. The molecule has 1 aliphatic heterocycles. The van der Waals surface area contributed by atoms with Crippen molar-refractivity contribution in [1.82, 2.24) is 19.5 Å². The van der Waals surface area contributed by atoms with Gasteiger partial charge in [-0.15, -0.1) is 0 Å². The topological polar surface area (TPSA) is 93.7 Å². The highest BCUT2D eigenvalue weighted by Crippen LogP contribution is 2.32. The number of nitrogens with zero attached hydrogens (tertiary/aromatic N) is 4. The van der Waals surface area contributed by atoms with Gasteiger partial charge < -0.3 is 20.9 Å². The smallest absolute Gasteiger partial charge is 0.227 e. The van der Waals surface area contributed by atoms with E-state index in [9.17, 15) is 0 Å². The molecule has 7 nitrogen and oxygen atoms in total. The first kappa shape index (κ1) is 17.9. The monoisotopic (exact) mass is 375 g/mol. The molecular weight excluding hydrogens is 346 g/mol. The lowest BCUT2D eigenvalue weighted by Crippen LogP contribution is -2.33. The Bertz CT molecular complexity index is 732. The average molecular weight is 376 g/mol. The molecule has 1 unspecified atom stereocenters. The van der Waals surface area contributed by atoms with Crippen LogP contribution in [0.25, 0.3) is 11.2 Å². The van der Waals surface area contributed by atoms with Crippen molar-refractivity contribution in [2.24, 2.45) is 5.73 Å². The van der Waals surface area contributed by atoms with Gasteiger partial charge in [-0.25, -0.2) is 4.98 Å². The summed E-state index contributed by atoms with van der Waals surface area (Å²) in [6.07, 6.45) is 8.47. The first-order chi connectivity index (χ1) is 12.7. The number of nitrogens with two attached hydrogens (primary N) is 1. The molecule has 26 heavy (non-hydrogen) atoms. The minimum atomic E-state index is 0.347. The van der Waals surface area contributed by atoms with E-state index >= 15 is 0 Å². The number of rotatable bonds is 6. The van der Waals surface area contributed by atoms with Crippen LogP contribution in [-0.4, -0.2) is 49.7 Å². The molecule has 4 rings (SSSR count). The maximum atomic E-state index is 6.04. The molecular formula is C18H29N7S. The van der Waals surface area contributed by atoms with Crippen LogP contribution in [-0.2, 0) is 0 Å². The first-order valence-corrected chi connectivity index (χ1v) is 11.0. The number of fused-ring (bicyclic) bond motifs is 1. The molecule has 1 saturated carbocycles. The summed E-state index contributed by atoms with van der Waals surface area (Å²) in [4.78, 5) is 14.2. The lowest BCUT2D eigenvalue weighted by molar-refractivity contribution is 0.410. The summed E-state index contributed by atoms with van der Waals surface area (Å²) in [5.41, 5.74) is 7.86. The van der Waals surface area contributed by atoms with Gasteiger partial charge in [-0.1, -0.05) is 6.92 Å². The number of thioether (sulfide) groups is 1. The van der Waals surface area contributed by atoms with Gasteiger partial charge >= 0.3 is 0 Å². The SMILES string of the molecule is CCCNc1nc(NC2CCC(N)CC2)nc2c1ncn2C1CCSC1. The van der Waals surface area contributed by atoms with Crippen molar-refractivity contribution in [3.8, 4) is 0 Å². The zero-order valence-corrected chi connectivity index (χ0v) is 16.3. The average Bonchev–Trinajstić information content (AvgIpc) is 3.31. The highest BCUT2D eigenvalue weighted by Gasteiger charge is 2.23. The molecule has 8 heteroatoms. The summed E-state index contributed by atoms with van der Waals surface area (Å²) in [5, 5.41) is 6.99. The predicted octanol–water partition coefficient (Wildman–Crippen LogP) is 3.01. The molecule has 2 aromatic heterocycles. The molecule has 0 radical (unpaired) electrons. The van der Waals surface area contributed by atoms with Crippen molar-refractivity contribution in [2.75, 3.05) is 28.7 Å². The standard InChI is InChI=1S/C18H29N7S/c1-2-8-20-16-15-17(25(11-21-15)14-7-9-26-10-14)24-18(23-16)22-13-5-3-12(19)4-6-13/h11-14H,2-10,19H2,1H3,(H2,20,22,23,24). The van der Waals surface area contributed by atoms with Crippen LogP contribution >= 0.6 is 11.8 Å². The summed E-state index contributed by atoms with van der Waals surface area (Å²) >= 11 is 2.00. The zero-order chi connectivity index (χ0) is 17.9. The summed E-state index contributed by atoms with van der Waals surface area (Å²) < 4.78 is 2.25. The lowest BCUT2D eigenvalue weighted by atomic mass is 9.92. The van der Waals surface area contributed by atoms with Gasteiger partial charge in [0.15, 0.2) is 17.0 Å². The van der Waals surface area contributed by atoms with Crippen LogP contribution in [0.1, 0.15) is 51.5 Å². The van der Waals surface area contributed by atoms with Gasteiger partial charge in [0, 0.05) is 30.4 Å². The number of nitrogens with one attached hydrogen (secondary N) is 2. The van der Waals surface area contributed by atoms with Crippen LogP contribution in [0, 0.1) is 0 Å². The Morgan fingerprint density at radius 3 is 2.81 bits per heavy atom. The van der Waals surface area contributed by atoms with Gasteiger partial charge in [-0.3, -0.25) is 0 Å². The Labute approximate surface area is 158 Å². The fraction of sp³-hybridized carbons (Fsp3) is 0.722. The quantitative estimate of drug-likeness (QED) is 0.714. The van der Waals surface area contributed by atoms with Crippen LogP contribution in [0.5, 0.6) is 0 Å². The molecule has 0 spiro atoms. The van der Waals surface area contributed by atoms with Gasteiger partial charge in [-0.2, -0.15) is 21.7 Å². The van der Waals surface area contributed by atoms with Gasteiger partial charge in [0.2, 0.25) is 5.95 Å². The molecule has 2 aliphatic rings. The van der Waals surface area contributed by atoms with Gasteiger partial charge in [0.05, 0.1) is 6.33 Å². The second-order valence-corrected chi connectivity index (χ2v) is 8.57. The van der Waals surface area contributed by atoms with E-state index in [1.165, 1.54) is 12.2 Å². The predicted molar refractivity (Wildman–Crippen MR) is 109 cm³/mol. The largest absolute Gasteiger partial charge is 0.368 e. The van der Waals surface area contributed by atoms with Crippen molar-refractivity contribution < 1.29 is 0 Å². The summed E-state index contributed by atoms with van der Waals surface area (Å²) in [6.45, 7) is 3.04. The minimum absolute atomic E-state index is 0.347. The number of hydrogen-bond donors (Lipinski definition) is 3. The third-order valence-corrected chi connectivity index (χ3v) is 6.51. The van der Waals surface area contributed by atoms with E-state index in [4.69, 9.17) is 15.7 Å².